The predicted octanol–water partition coefficient (Wildman–Crippen LogP) is 4.28. The number of hydrogen-bond acceptors (Lipinski definition) is 1. The van der Waals surface area contributed by atoms with E-state index in [1.54, 1.807) is 0 Å². The molecule has 2 nitrogen and oxygen atoms in total. The first-order valence-electron chi connectivity index (χ1n) is 5.69. The smallest absolute Gasteiger partial charge is 0.224 e. The lowest BCUT2D eigenvalue weighted by Gasteiger charge is -2.06. The van der Waals surface area contributed by atoms with Crippen LogP contribution < -0.4 is 5.32 Å². The molecule has 1 amide bonds. The van der Waals surface area contributed by atoms with E-state index in [4.69, 9.17) is 0 Å². The molecule has 0 saturated heterocycles. The van der Waals surface area contributed by atoms with Gasteiger partial charge in [0.15, 0.2) is 0 Å². The minimum Gasteiger partial charge on any atom is -0.326 e. The predicted molar refractivity (Wildman–Crippen MR) is 71.7 cm³/mol. The number of halogens is 1. The van der Waals surface area contributed by atoms with Gasteiger partial charge in [-0.2, -0.15) is 0 Å². The number of anilines is 1. The summed E-state index contributed by atoms with van der Waals surface area (Å²) >= 11 is 3.42. The van der Waals surface area contributed by atoms with Crippen molar-refractivity contribution in [1.82, 2.24) is 0 Å². The second kappa shape index (κ2) is 6.69. The van der Waals surface area contributed by atoms with Crippen LogP contribution in [-0.2, 0) is 4.79 Å². The molecule has 88 valence electrons. The number of carbonyl (C=O) groups excluding carboxylic acids is 1. The van der Waals surface area contributed by atoms with Gasteiger partial charge in [-0.3, -0.25) is 4.79 Å². The highest BCUT2D eigenvalue weighted by molar-refractivity contribution is 9.10. The molecule has 0 saturated carbocycles. The Bertz CT molecular complexity index is 343. The fraction of sp³-hybridized carbons (Fsp3) is 0.462. The van der Waals surface area contributed by atoms with Crippen molar-refractivity contribution in [1.29, 1.82) is 0 Å². The van der Waals surface area contributed by atoms with Crippen LogP contribution in [0.15, 0.2) is 22.7 Å². The monoisotopic (exact) mass is 283 g/mol. The lowest BCUT2D eigenvalue weighted by molar-refractivity contribution is -0.116. The second-order valence-corrected chi connectivity index (χ2v) is 4.94. The Labute approximate surface area is 106 Å². The molecule has 0 aliphatic rings. The maximum Gasteiger partial charge on any atom is 0.224 e. The van der Waals surface area contributed by atoms with Crippen LogP contribution in [0.4, 0.5) is 5.69 Å². The fourth-order valence-corrected chi connectivity index (χ4v) is 2.18. The Morgan fingerprint density at radius 1 is 1.31 bits per heavy atom. The largest absolute Gasteiger partial charge is 0.326 e. The maximum absolute atomic E-state index is 11.6. The third-order valence-electron chi connectivity index (χ3n) is 2.33. The number of carbonyl (C=O) groups is 1. The lowest BCUT2D eigenvalue weighted by atomic mass is 10.2. The Morgan fingerprint density at radius 3 is 2.69 bits per heavy atom. The molecule has 1 rings (SSSR count). The van der Waals surface area contributed by atoms with E-state index in [0.29, 0.717) is 6.42 Å². The number of amides is 1. The molecule has 0 unspecified atom stereocenters. The van der Waals surface area contributed by atoms with Gasteiger partial charge in [-0.05, 0) is 37.1 Å². The molecule has 1 aromatic rings. The lowest BCUT2D eigenvalue weighted by Crippen LogP contribution is -2.11. The third-order valence-corrected chi connectivity index (χ3v) is 2.79. The Hall–Kier alpha value is -0.830. The average molecular weight is 284 g/mol. The summed E-state index contributed by atoms with van der Waals surface area (Å²) in [5, 5.41) is 2.91. The number of nitrogens with one attached hydrogen (secondary N) is 1. The molecule has 0 atom stereocenters. The van der Waals surface area contributed by atoms with E-state index >= 15 is 0 Å². The zero-order valence-corrected chi connectivity index (χ0v) is 11.4. The minimum atomic E-state index is 0.103. The van der Waals surface area contributed by atoms with Gasteiger partial charge in [-0.15, -0.1) is 0 Å². The highest BCUT2D eigenvalue weighted by atomic mass is 79.9. The summed E-state index contributed by atoms with van der Waals surface area (Å²) < 4.78 is 0.997. The molecule has 0 aliphatic heterocycles. The summed E-state index contributed by atoms with van der Waals surface area (Å²) in [5.74, 6) is 0.103. The van der Waals surface area contributed by atoms with Gasteiger partial charge < -0.3 is 5.32 Å². The quantitative estimate of drug-likeness (QED) is 0.803. The SMILES string of the molecule is CCCCCC(=O)Nc1cc(C)cc(Br)c1. The standard InChI is InChI=1S/C13H18BrNO/c1-3-4-5-6-13(16)15-12-8-10(2)7-11(14)9-12/h7-9H,3-6H2,1-2H3,(H,15,16). The molecule has 0 heterocycles. The third kappa shape index (κ3) is 4.79. The first-order valence-corrected chi connectivity index (χ1v) is 6.48. The first-order chi connectivity index (χ1) is 7.61. The average Bonchev–Trinajstić information content (AvgIpc) is 2.16. The molecule has 1 aromatic carbocycles. The molecular formula is C13H18BrNO. The number of unbranched alkanes of at least 4 members (excludes halogenated alkanes) is 2. The van der Waals surface area contributed by atoms with Crippen LogP contribution in [0, 0.1) is 6.92 Å². The molecular weight excluding hydrogens is 266 g/mol. The van der Waals surface area contributed by atoms with E-state index < -0.39 is 0 Å². The number of aryl methyl sites for hydroxylation is 1. The zero-order valence-electron chi connectivity index (χ0n) is 9.85. The molecule has 0 aromatic heterocycles. The topological polar surface area (TPSA) is 29.1 Å². The normalized spacial score (nSPS) is 10.2. The molecule has 1 N–H and O–H groups in total. The van der Waals surface area contributed by atoms with E-state index in [2.05, 4.69) is 28.2 Å². The number of hydrogen-bond donors (Lipinski definition) is 1. The van der Waals surface area contributed by atoms with Gasteiger partial charge in [-0.25, -0.2) is 0 Å². The second-order valence-electron chi connectivity index (χ2n) is 4.02. The van der Waals surface area contributed by atoms with Crippen molar-refractivity contribution in [3.8, 4) is 0 Å². The van der Waals surface area contributed by atoms with Crippen LogP contribution in [-0.4, -0.2) is 5.91 Å². The summed E-state index contributed by atoms with van der Waals surface area (Å²) in [5.41, 5.74) is 2.01. The number of rotatable bonds is 5. The maximum atomic E-state index is 11.6. The van der Waals surface area contributed by atoms with Crippen molar-refractivity contribution in [2.45, 2.75) is 39.5 Å². The highest BCUT2D eigenvalue weighted by Crippen LogP contribution is 2.19. The Morgan fingerprint density at radius 2 is 2.06 bits per heavy atom. The molecule has 16 heavy (non-hydrogen) atoms. The van der Waals surface area contributed by atoms with Crippen LogP contribution >= 0.6 is 15.9 Å². The van der Waals surface area contributed by atoms with Crippen molar-refractivity contribution in [2.75, 3.05) is 5.32 Å². The molecule has 0 aliphatic carbocycles. The molecule has 3 heteroatoms. The summed E-state index contributed by atoms with van der Waals surface area (Å²) in [7, 11) is 0. The molecule has 0 fully saturated rings. The summed E-state index contributed by atoms with van der Waals surface area (Å²) in [6.45, 7) is 4.15. The van der Waals surface area contributed by atoms with Gasteiger partial charge in [0.25, 0.3) is 0 Å². The van der Waals surface area contributed by atoms with Crippen molar-refractivity contribution >= 4 is 27.5 Å². The van der Waals surface area contributed by atoms with Gasteiger partial charge in [-0.1, -0.05) is 35.7 Å². The summed E-state index contributed by atoms with van der Waals surface area (Å²) in [6.07, 6.45) is 3.84. The molecule has 0 spiro atoms. The van der Waals surface area contributed by atoms with Crippen molar-refractivity contribution in [2.24, 2.45) is 0 Å². The van der Waals surface area contributed by atoms with Gasteiger partial charge in [0.2, 0.25) is 5.91 Å². The van der Waals surface area contributed by atoms with Crippen LogP contribution in [0.5, 0.6) is 0 Å². The number of benzene rings is 1. The molecule has 0 bridgehead atoms. The Balaban J connectivity index is 2.49. The first kappa shape index (κ1) is 13.2. The van der Waals surface area contributed by atoms with Crippen molar-refractivity contribution < 1.29 is 4.79 Å². The van der Waals surface area contributed by atoms with Crippen LogP contribution in [0.2, 0.25) is 0 Å². The highest BCUT2D eigenvalue weighted by Gasteiger charge is 2.03. The van der Waals surface area contributed by atoms with Crippen molar-refractivity contribution in [3.05, 3.63) is 28.2 Å². The van der Waals surface area contributed by atoms with Gasteiger partial charge in [0, 0.05) is 16.6 Å². The van der Waals surface area contributed by atoms with E-state index in [-0.39, 0.29) is 5.91 Å². The summed E-state index contributed by atoms with van der Waals surface area (Å²) in [6, 6.07) is 5.92. The van der Waals surface area contributed by atoms with Crippen LogP contribution in [0.25, 0.3) is 0 Å². The fourth-order valence-electron chi connectivity index (χ4n) is 1.57. The van der Waals surface area contributed by atoms with E-state index in [1.807, 2.05) is 25.1 Å². The minimum absolute atomic E-state index is 0.103. The molecule has 0 radical (unpaired) electrons. The zero-order chi connectivity index (χ0) is 12.0. The Kier molecular flexibility index (Phi) is 5.53. The van der Waals surface area contributed by atoms with Crippen LogP contribution in [0.1, 0.15) is 38.2 Å². The van der Waals surface area contributed by atoms with E-state index in [0.717, 1.165) is 35.0 Å². The van der Waals surface area contributed by atoms with E-state index in [1.165, 1.54) is 0 Å². The summed E-state index contributed by atoms with van der Waals surface area (Å²) in [4.78, 5) is 11.6. The van der Waals surface area contributed by atoms with E-state index in [9.17, 15) is 4.79 Å². The van der Waals surface area contributed by atoms with Gasteiger partial charge in [0.1, 0.15) is 0 Å². The van der Waals surface area contributed by atoms with Gasteiger partial charge in [0.05, 0.1) is 0 Å². The van der Waals surface area contributed by atoms with Gasteiger partial charge >= 0.3 is 0 Å². The van der Waals surface area contributed by atoms with Crippen LogP contribution in [0.3, 0.4) is 0 Å². The van der Waals surface area contributed by atoms with Crippen molar-refractivity contribution in [3.63, 3.8) is 0 Å².